The van der Waals surface area contributed by atoms with Crippen molar-refractivity contribution in [3.05, 3.63) is 0 Å². The molecule has 0 aliphatic carbocycles. The Morgan fingerprint density at radius 3 is 2.93 bits per heavy atom. The number of hydrogen-bond acceptors (Lipinski definition) is 3. The quantitative estimate of drug-likeness (QED) is 0.600. The van der Waals surface area contributed by atoms with Crippen LogP contribution >= 0.6 is 0 Å². The number of oxime groups is 1. The van der Waals surface area contributed by atoms with E-state index in [1.165, 1.54) is 25.9 Å². The first-order valence-electron chi connectivity index (χ1n) is 5.72. The lowest BCUT2D eigenvalue weighted by Crippen LogP contribution is -2.59. The summed E-state index contributed by atoms with van der Waals surface area (Å²) in [5, 5.41) is 4.17. The first kappa shape index (κ1) is 9.23. The summed E-state index contributed by atoms with van der Waals surface area (Å²) in [7, 11) is 0. The molecular formula is C12H16N2O. The Labute approximate surface area is 90.5 Å². The molecule has 1 spiro atoms. The highest BCUT2D eigenvalue weighted by molar-refractivity contribution is 5.88. The van der Waals surface area contributed by atoms with Crippen LogP contribution in [0.15, 0.2) is 5.16 Å². The van der Waals surface area contributed by atoms with Crippen molar-refractivity contribution in [1.29, 1.82) is 0 Å². The number of hydrogen-bond donors (Lipinski definition) is 0. The molecule has 0 N–H and O–H groups in total. The maximum atomic E-state index is 5.73. The fourth-order valence-electron chi connectivity index (χ4n) is 3.21. The van der Waals surface area contributed by atoms with Crippen molar-refractivity contribution in [2.75, 3.05) is 19.6 Å². The molecule has 15 heavy (non-hydrogen) atoms. The fraction of sp³-hybridized carbons (Fsp3) is 0.750. The largest absolute Gasteiger partial charge is 0.387 e. The molecule has 0 amide bonds. The Hall–Kier alpha value is -1.01. The van der Waals surface area contributed by atoms with Crippen LogP contribution in [0.2, 0.25) is 0 Å². The summed E-state index contributed by atoms with van der Waals surface area (Å²) >= 11 is 0. The van der Waals surface area contributed by atoms with E-state index >= 15 is 0 Å². The molecule has 3 saturated heterocycles. The molecule has 0 radical (unpaired) electrons. The second-order valence-corrected chi connectivity index (χ2v) is 4.92. The van der Waals surface area contributed by atoms with Gasteiger partial charge in [-0.05, 0) is 25.9 Å². The third-order valence-corrected chi connectivity index (χ3v) is 3.99. The molecule has 0 saturated carbocycles. The molecule has 3 nitrogen and oxygen atoms in total. The van der Waals surface area contributed by atoms with Crippen molar-refractivity contribution in [2.45, 2.75) is 31.3 Å². The first-order valence-corrected chi connectivity index (χ1v) is 5.72. The highest BCUT2D eigenvalue weighted by Gasteiger charge is 2.51. The number of piperidine rings is 3. The normalized spacial score (nSPS) is 42.5. The maximum absolute atomic E-state index is 5.73. The number of fused-ring (bicyclic) bond motifs is 2. The molecular weight excluding hydrogens is 188 g/mol. The molecule has 4 aliphatic rings. The average Bonchev–Trinajstić information content (AvgIpc) is 2.64. The third kappa shape index (κ3) is 1.36. The minimum absolute atomic E-state index is 0.0112. The summed E-state index contributed by atoms with van der Waals surface area (Å²) in [5.74, 6) is 3.35. The van der Waals surface area contributed by atoms with Gasteiger partial charge in [-0.25, -0.2) is 0 Å². The lowest BCUT2D eigenvalue weighted by molar-refractivity contribution is -0.136. The van der Waals surface area contributed by atoms with Crippen LogP contribution in [0.25, 0.3) is 0 Å². The molecule has 1 atom stereocenters. The smallest absolute Gasteiger partial charge is 0.158 e. The maximum Gasteiger partial charge on any atom is 0.158 e. The van der Waals surface area contributed by atoms with E-state index in [1.807, 2.05) is 0 Å². The average molecular weight is 204 g/mol. The van der Waals surface area contributed by atoms with Gasteiger partial charge in [0.2, 0.25) is 0 Å². The van der Waals surface area contributed by atoms with Crippen molar-refractivity contribution in [1.82, 2.24) is 4.90 Å². The van der Waals surface area contributed by atoms with Gasteiger partial charge in [0, 0.05) is 18.9 Å². The van der Waals surface area contributed by atoms with Crippen LogP contribution in [0.1, 0.15) is 25.7 Å². The van der Waals surface area contributed by atoms with Crippen molar-refractivity contribution in [3.63, 3.8) is 0 Å². The minimum atomic E-state index is -0.0112. The summed E-state index contributed by atoms with van der Waals surface area (Å²) in [4.78, 5) is 8.23. The predicted octanol–water partition coefficient (Wildman–Crippen LogP) is 1.25. The van der Waals surface area contributed by atoms with Gasteiger partial charge in [-0.3, -0.25) is 4.90 Å². The lowest BCUT2D eigenvalue weighted by atomic mass is 9.73. The van der Waals surface area contributed by atoms with Gasteiger partial charge < -0.3 is 4.84 Å². The van der Waals surface area contributed by atoms with Crippen molar-refractivity contribution >= 4 is 5.71 Å². The van der Waals surface area contributed by atoms with E-state index in [4.69, 9.17) is 11.3 Å². The van der Waals surface area contributed by atoms with Crippen LogP contribution in [0.3, 0.4) is 0 Å². The highest BCUT2D eigenvalue weighted by Crippen LogP contribution is 2.43. The minimum Gasteiger partial charge on any atom is -0.387 e. The fourth-order valence-corrected chi connectivity index (χ4v) is 3.21. The Kier molecular flexibility index (Phi) is 2.00. The molecule has 4 rings (SSSR count). The van der Waals surface area contributed by atoms with Crippen LogP contribution in [0.5, 0.6) is 0 Å². The van der Waals surface area contributed by atoms with Crippen molar-refractivity contribution in [3.8, 4) is 12.3 Å². The first-order chi connectivity index (χ1) is 7.32. The molecule has 3 heteroatoms. The van der Waals surface area contributed by atoms with Crippen LogP contribution in [-0.2, 0) is 4.84 Å². The zero-order chi connectivity index (χ0) is 10.3. The van der Waals surface area contributed by atoms with E-state index in [2.05, 4.69) is 16.0 Å². The zero-order valence-corrected chi connectivity index (χ0v) is 8.91. The summed E-state index contributed by atoms with van der Waals surface area (Å²) in [6.45, 7) is 3.52. The number of rotatable bonds is 1. The Bertz CT molecular complexity index is 336. The molecule has 0 aromatic rings. The van der Waals surface area contributed by atoms with Crippen LogP contribution in [0.4, 0.5) is 0 Å². The monoisotopic (exact) mass is 204 g/mol. The zero-order valence-electron chi connectivity index (χ0n) is 8.91. The van der Waals surface area contributed by atoms with E-state index in [1.54, 1.807) is 0 Å². The molecule has 0 aromatic heterocycles. The SMILES string of the molecule is C#CCC1=NOC2(C1)CN1CCC2CC1. The summed E-state index contributed by atoms with van der Waals surface area (Å²) < 4.78 is 0. The molecule has 0 aromatic carbocycles. The van der Waals surface area contributed by atoms with E-state index in [0.717, 1.165) is 18.7 Å². The van der Waals surface area contributed by atoms with Gasteiger partial charge in [0.15, 0.2) is 5.60 Å². The van der Waals surface area contributed by atoms with E-state index in [-0.39, 0.29) is 5.60 Å². The summed E-state index contributed by atoms with van der Waals surface area (Å²) in [6.07, 6.45) is 9.43. The number of nitrogens with zero attached hydrogens (tertiary/aromatic N) is 2. The molecule has 4 aliphatic heterocycles. The van der Waals surface area contributed by atoms with Gasteiger partial charge in [0.25, 0.3) is 0 Å². The standard InChI is InChI=1S/C12H16N2O/c1-2-3-11-8-12(15-13-11)9-14-6-4-10(12)5-7-14/h1,10H,3-9H2. The highest BCUT2D eigenvalue weighted by atomic mass is 16.7. The third-order valence-electron chi connectivity index (χ3n) is 3.99. The van der Waals surface area contributed by atoms with E-state index in [0.29, 0.717) is 12.3 Å². The van der Waals surface area contributed by atoms with Gasteiger partial charge >= 0.3 is 0 Å². The molecule has 2 bridgehead atoms. The van der Waals surface area contributed by atoms with Gasteiger partial charge in [-0.15, -0.1) is 12.3 Å². The second kappa shape index (κ2) is 3.24. The molecule has 1 unspecified atom stereocenters. The van der Waals surface area contributed by atoms with Crippen molar-refractivity contribution in [2.24, 2.45) is 11.1 Å². The summed E-state index contributed by atoms with van der Waals surface area (Å²) in [6, 6.07) is 0. The van der Waals surface area contributed by atoms with Crippen LogP contribution < -0.4 is 0 Å². The lowest BCUT2D eigenvalue weighted by Gasteiger charge is -2.49. The van der Waals surface area contributed by atoms with Crippen LogP contribution in [-0.4, -0.2) is 35.8 Å². The Morgan fingerprint density at radius 1 is 1.53 bits per heavy atom. The molecule has 80 valence electrons. The van der Waals surface area contributed by atoms with E-state index < -0.39 is 0 Å². The van der Waals surface area contributed by atoms with Crippen molar-refractivity contribution < 1.29 is 4.84 Å². The molecule has 4 heterocycles. The Balaban J connectivity index is 1.76. The van der Waals surface area contributed by atoms with Gasteiger partial charge in [-0.1, -0.05) is 5.16 Å². The van der Waals surface area contributed by atoms with Gasteiger partial charge in [-0.2, -0.15) is 0 Å². The Morgan fingerprint density at radius 2 is 2.33 bits per heavy atom. The summed E-state index contributed by atoms with van der Waals surface area (Å²) in [5.41, 5.74) is 1.05. The van der Waals surface area contributed by atoms with E-state index in [9.17, 15) is 0 Å². The molecule has 3 fully saturated rings. The van der Waals surface area contributed by atoms with Gasteiger partial charge in [0.1, 0.15) is 0 Å². The van der Waals surface area contributed by atoms with Gasteiger partial charge in [0.05, 0.1) is 12.1 Å². The van der Waals surface area contributed by atoms with Crippen LogP contribution in [0, 0.1) is 18.3 Å². The second-order valence-electron chi connectivity index (χ2n) is 4.92. The topological polar surface area (TPSA) is 24.8 Å². The predicted molar refractivity (Wildman–Crippen MR) is 58.5 cm³/mol. The number of terminal acetylenes is 1.